The molecule has 0 aliphatic heterocycles. The second-order valence-electron chi connectivity index (χ2n) is 5.48. The van der Waals surface area contributed by atoms with Gasteiger partial charge in [-0.3, -0.25) is 4.79 Å². The summed E-state index contributed by atoms with van der Waals surface area (Å²) in [5.41, 5.74) is 0.853. The van der Waals surface area contributed by atoms with Crippen LogP contribution in [-0.4, -0.2) is 20.6 Å². The van der Waals surface area contributed by atoms with E-state index in [1.165, 1.54) is 12.1 Å². The van der Waals surface area contributed by atoms with Crippen molar-refractivity contribution in [3.63, 3.8) is 0 Å². The van der Waals surface area contributed by atoms with Gasteiger partial charge in [0.2, 0.25) is 0 Å². The van der Waals surface area contributed by atoms with Crippen molar-refractivity contribution in [3.8, 4) is 0 Å². The predicted molar refractivity (Wildman–Crippen MR) is 89.1 cm³/mol. The van der Waals surface area contributed by atoms with Crippen molar-refractivity contribution < 1.29 is 22.0 Å². The highest BCUT2D eigenvalue weighted by molar-refractivity contribution is 7.89. The van der Waals surface area contributed by atoms with Crippen LogP contribution in [0.2, 0.25) is 0 Å². The van der Waals surface area contributed by atoms with Crippen molar-refractivity contribution in [2.45, 2.75) is 5.75 Å². The van der Waals surface area contributed by atoms with Gasteiger partial charge in [-0.2, -0.15) is 0 Å². The van der Waals surface area contributed by atoms with Crippen molar-refractivity contribution in [1.82, 2.24) is 0 Å². The number of furan rings is 1. The first kappa shape index (κ1) is 16.2. The molecule has 2 aromatic carbocycles. The van der Waals surface area contributed by atoms with E-state index < -0.39 is 27.3 Å². The molecule has 5 nitrogen and oxygen atoms in total. The van der Waals surface area contributed by atoms with E-state index in [1.54, 1.807) is 18.2 Å². The number of amides is 1. The number of anilines is 1. The number of rotatable bonds is 4. The Labute approximate surface area is 138 Å². The van der Waals surface area contributed by atoms with E-state index in [2.05, 4.69) is 5.32 Å². The van der Waals surface area contributed by atoms with Crippen LogP contribution in [0.15, 0.2) is 52.9 Å². The van der Waals surface area contributed by atoms with Gasteiger partial charge in [0.25, 0.3) is 5.91 Å². The number of carbonyl (C=O) groups is 1. The molecule has 0 aliphatic rings. The number of hydrogen-bond donors (Lipinski definition) is 1. The van der Waals surface area contributed by atoms with Crippen LogP contribution in [0.1, 0.15) is 16.1 Å². The zero-order valence-corrected chi connectivity index (χ0v) is 13.6. The topological polar surface area (TPSA) is 76.4 Å². The van der Waals surface area contributed by atoms with E-state index >= 15 is 0 Å². The molecule has 0 unspecified atom stereocenters. The van der Waals surface area contributed by atoms with Gasteiger partial charge in [0.15, 0.2) is 15.6 Å². The number of carbonyl (C=O) groups excluding carboxylic acids is 1. The van der Waals surface area contributed by atoms with E-state index in [4.69, 9.17) is 4.42 Å². The fraction of sp³-hybridized carbons (Fsp3) is 0.118. The summed E-state index contributed by atoms with van der Waals surface area (Å²) in [5.74, 6) is -1.49. The first-order valence-corrected chi connectivity index (χ1v) is 9.14. The molecule has 1 heterocycles. The highest BCUT2D eigenvalue weighted by Crippen LogP contribution is 2.21. The molecule has 1 amide bonds. The summed E-state index contributed by atoms with van der Waals surface area (Å²) in [7, 11) is -3.34. The Morgan fingerprint density at radius 1 is 1.17 bits per heavy atom. The quantitative estimate of drug-likeness (QED) is 0.785. The first-order chi connectivity index (χ1) is 11.3. The molecule has 0 radical (unpaired) electrons. The molecule has 1 aromatic heterocycles. The second-order valence-corrected chi connectivity index (χ2v) is 7.62. The summed E-state index contributed by atoms with van der Waals surface area (Å²) < 4.78 is 41.9. The maximum absolute atomic E-state index is 14.0. The summed E-state index contributed by atoms with van der Waals surface area (Å²) in [6, 6.07) is 12.6. The van der Waals surface area contributed by atoms with Crippen molar-refractivity contribution in [2.75, 3.05) is 11.6 Å². The molecule has 3 aromatic rings. The number of hydrogen-bond acceptors (Lipinski definition) is 4. The van der Waals surface area contributed by atoms with Crippen LogP contribution in [0.25, 0.3) is 11.0 Å². The molecule has 0 fully saturated rings. The van der Waals surface area contributed by atoms with Gasteiger partial charge in [-0.15, -0.1) is 0 Å². The van der Waals surface area contributed by atoms with E-state index in [-0.39, 0.29) is 17.0 Å². The summed E-state index contributed by atoms with van der Waals surface area (Å²) in [5, 5.41) is 3.32. The second kappa shape index (κ2) is 6.09. The molecule has 7 heteroatoms. The molecule has 0 saturated carbocycles. The van der Waals surface area contributed by atoms with Gasteiger partial charge in [-0.05, 0) is 24.3 Å². The summed E-state index contributed by atoms with van der Waals surface area (Å²) in [4.78, 5) is 12.2. The third kappa shape index (κ3) is 3.62. The predicted octanol–water partition coefficient (Wildman–Crippen LogP) is 3.37. The number of sulfone groups is 1. The summed E-state index contributed by atoms with van der Waals surface area (Å²) >= 11 is 0. The molecule has 0 bridgehead atoms. The van der Waals surface area contributed by atoms with Gasteiger partial charge in [0.1, 0.15) is 11.4 Å². The normalized spacial score (nSPS) is 11.6. The lowest BCUT2D eigenvalue weighted by atomic mass is 10.2. The zero-order chi connectivity index (χ0) is 17.3. The lowest BCUT2D eigenvalue weighted by Crippen LogP contribution is -2.11. The summed E-state index contributed by atoms with van der Waals surface area (Å²) in [6.45, 7) is 0. The Hall–Kier alpha value is -2.67. The number of fused-ring (bicyclic) bond motifs is 1. The third-order valence-electron chi connectivity index (χ3n) is 3.38. The monoisotopic (exact) mass is 347 g/mol. The Balaban J connectivity index is 1.80. The van der Waals surface area contributed by atoms with Crippen LogP contribution in [0.4, 0.5) is 10.1 Å². The molecule has 0 atom stereocenters. The van der Waals surface area contributed by atoms with Crippen LogP contribution in [0.3, 0.4) is 0 Å². The Bertz CT molecular complexity index is 991. The van der Waals surface area contributed by atoms with Gasteiger partial charge in [-0.1, -0.05) is 24.3 Å². The van der Waals surface area contributed by atoms with Crippen LogP contribution < -0.4 is 5.32 Å². The minimum absolute atomic E-state index is 0.0548. The highest BCUT2D eigenvalue weighted by Gasteiger charge is 2.14. The van der Waals surface area contributed by atoms with E-state index in [1.807, 2.05) is 12.1 Å². The van der Waals surface area contributed by atoms with Crippen LogP contribution >= 0.6 is 0 Å². The van der Waals surface area contributed by atoms with Crippen LogP contribution in [0, 0.1) is 5.82 Å². The molecular formula is C17H14FNO4S. The molecule has 24 heavy (non-hydrogen) atoms. The molecule has 0 saturated heterocycles. The van der Waals surface area contributed by atoms with Crippen molar-refractivity contribution in [2.24, 2.45) is 0 Å². The first-order valence-electron chi connectivity index (χ1n) is 7.08. The lowest BCUT2D eigenvalue weighted by Gasteiger charge is -2.06. The molecule has 0 spiro atoms. The van der Waals surface area contributed by atoms with Gasteiger partial charge >= 0.3 is 0 Å². The fourth-order valence-electron chi connectivity index (χ4n) is 2.31. The van der Waals surface area contributed by atoms with Crippen molar-refractivity contribution in [1.29, 1.82) is 0 Å². The number of benzene rings is 2. The highest BCUT2D eigenvalue weighted by atomic mass is 32.2. The lowest BCUT2D eigenvalue weighted by molar-refractivity contribution is 0.0998. The molecule has 124 valence electrons. The van der Waals surface area contributed by atoms with Gasteiger partial charge in [0.05, 0.1) is 5.75 Å². The SMILES string of the molecule is CS(=O)(=O)Cc1ccc(NC(=O)c2cc3ccccc3o2)cc1F. The molecule has 0 aliphatic carbocycles. The Kier molecular flexibility index (Phi) is 4.11. The van der Waals surface area contributed by atoms with Crippen molar-refractivity contribution >= 4 is 32.4 Å². The van der Waals surface area contributed by atoms with Crippen molar-refractivity contribution in [3.05, 3.63) is 65.7 Å². The van der Waals surface area contributed by atoms with E-state index in [9.17, 15) is 17.6 Å². The van der Waals surface area contributed by atoms with E-state index in [0.717, 1.165) is 17.7 Å². The molecular weight excluding hydrogens is 333 g/mol. The Morgan fingerprint density at radius 2 is 1.92 bits per heavy atom. The standard InChI is InChI=1S/C17H14FNO4S/c1-24(21,22)10-12-6-7-13(9-14(12)18)19-17(20)16-8-11-4-2-3-5-15(11)23-16/h2-9H,10H2,1H3,(H,19,20). The molecule has 3 rings (SSSR count). The largest absolute Gasteiger partial charge is 0.451 e. The smallest absolute Gasteiger partial charge is 0.291 e. The van der Waals surface area contributed by atoms with Crippen LogP contribution in [-0.2, 0) is 15.6 Å². The number of halogens is 1. The third-order valence-corrected chi connectivity index (χ3v) is 4.21. The number of para-hydroxylation sites is 1. The average molecular weight is 347 g/mol. The maximum Gasteiger partial charge on any atom is 0.291 e. The van der Waals surface area contributed by atoms with Gasteiger partial charge in [-0.25, -0.2) is 12.8 Å². The minimum atomic E-state index is -3.34. The Morgan fingerprint density at radius 3 is 2.58 bits per heavy atom. The van der Waals surface area contributed by atoms with Gasteiger partial charge < -0.3 is 9.73 Å². The zero-order valence-electron chi connectivity index (χ0n) is 12.7. The minimum Gasteiger partial charge on any atom is -0.451 e. The summed E-state index contributed by atoms with van der Waals surface area (Å²) in [6.07, 6.45) is 1.03. The van der Waals surface area contributed by atoms with E-state index in [0.29, 0.717) is 5.58 Å². The molecule has 1 N–H and O–H groups in total. The maximum atomic E-state index is 14.0. The fourth-order valence-corrected chi connectivity index (χ4v) is 3.11. The van der Waals surface area contributed by atoms with Gasteiger partial charge in [0, 0.05) is 22.9 Å². The average Bonchev–Trinajstić information content (AvgIpc) is 2.93. The number of nitrogens with one attached hydrogen (secondary N) is 1. The van der Waals surface area contributed by atoms with Crippen LogP contribution in [0.5, 0.6) is 0 Å².